The Labute approximate surface area is 104 Å². The highest BCUT2D eigenvalue weighted by molar-refractivity contribution is 5.97. The van der Waals surface area contributed by atoms with Crippen LogP contribution in [0.4, 0.5) is 0 Å². The first kappa shape index (κ1) is 14.2. The molecule has 0 bridgehead atoms. The molecule has 0 fully saturated rings. The summed E-state index contributed by atoms with van der Waals surface area (Å²) in [7, 11) is 0. The molecule has 0 amide bonds. The number of rotatable bonds is 3. The molecule has 1 aliphatic carbocycles. The van der Waals surface area contributed by atoms with Gasteiger partial charge >= 0.3 is 0 Å². The molecule has 0 heterocycles. The molecule has 96 valence electrons. The minimum Gasteiger partial charge on any atom is -0.381 e. The fourth-order valence-corrected chi connectivity index (χ4v) is 2.59. The summed E-state index contributed by atoms with van der Waals surface area (Å²) in [5.41, 5.74) is 2.10. The van der Waals surface area contributed by atoms with Gasteiger partial charge in [0.1, 0.15) is 6.10 Å². The lowest BCUT2D eigenvalue weighted by atomic mass is 9.81. The molecule has 0 saturated heterocycles. The summed E-state index contributed by atoms with van der Waals surface area (Å²) in [6.07, 6.45) is 4.44. The zero-order valence-electron chi connectivity index (χ0n) is 11.6. The van der Waals surface area contributed by atoms with Crippen molar-refractivity contribution in [1.82, 2.24) is 0 Å². The van der Waals surface area contributed by atoms with E-state index in [0.717, 1.165) is 24.0 Å². The quantitative estimate of drug-likeness (QED) is 0.816. The number of aliphatic hydroxyl groups excluding tert-OH is 1. The highest BCUT2D eigenvalue weighted by atomic mass is 16.3. The molecule has 2 nitrogen and oxygen atoms in total. The average Bonchev–Trinajstić information content (AvgIpc) is 2.10. The first-order valence-electron chi connectivity index (χ1n) is 6.30. The fourth-order valence-electron chi connectivity index (χ4n) is 2.59. The lowest BCUT2D eigenvalue weighted by Crippen LogP contribution is -2.25. The number of hydrogen-bond donors (Lipinski definition) is 1. The molecule has 2 heteroatoms. The molecule has 0 aromatic rings. The Balaban J connectivity index is 2.68. The van der Waals surface area contributed by atoms with Crippen molar-refractivity contribution >= 4 is 5.78 Å². The maximum absolute atomic E-state index is 11.5. The van der Waals surface area contributed by atoms with Crippen LogP contribution in [0.15, 0.2) is 23.3 Å². The van der Waals surface area contributed by atoms with E-state index in [2.05, 4.69) is 27.7 Å². The molecule has 2 unspecified atom stereocenters. The molecule has 0 spiro atoms. The Kier molecular flexibility index (Phi) is 4.31. The molecule has 17 heavy (non-hydrogen) atoms. The van der Waals surface area contributed by atoms with Crippen LogP contribution >= 0.6 is 0 Å². The van der Waals surface area contributed by atoms with Crippen molar-refractivity contribution in [3.63, 3.8) is 0 Å². The van der Waals surface area contributed by atoms with E-state index in [0.29, 0.717) is 5.92 Å². The third-order valence-electron chi connectivity index (χ3n) is 2.95. The Bertz CT molecular complexity index is 356. The predicted octanol–water partition coefficient (Wildman–Crippen LogP) is 3.27. The number of ketones is 1. The molecule has 0 aliphatic heterocycles. The third-order valence-corrected chi connectivity index (χ3v) is 2.95. The summed E-state index contributed by atoms with van der Waals surface area (Å²) in [6.45, 7) is 10.7. The van der Waals surface area contributed by atoms with Crippen LogP contribution in [-0.4, -0.2) is 17.0 Å². The first-order chi connectivity index (χ1) is 7.69. The van der Waals surface area contributed by atoms with Gasteiger partial charge in [-0.2, -0.15) is 0 Å². The van der Waals surface area contributed by atoms with Gasteiger partial charge in [0.05, 0.1) is 0 Å². The van der Waals surface area contributed by atoms with E-state index in [4.69, 9.17) is 0 Å². The summed E-state index contributed by atoms with van der Waals surface area (Å²) in [5, 5.41) is 9.84. The lowest BCUT2D eigenvalue weighted by Gasteiger charge is -2.26. The number of allylic oxidation sites excluding steroid dienone is 2. The highest BCUT2D eigenvalue weighted by Gasteiger charge is 2.24. The lowest BCUT2D eigenvalue weighted by molar-refractivity contribution is -0.120. The molecule has 1 N–H and O–H groups in total. The maximum Gasteiger partial charge on any atom is 0.188 e. The van der Waals surface area contributed by atoms with Crippen molar-refractivity contribution < 1.29 is 9.90 Å². The van der Waals surface area contributed by atoms with E-state index < -0.39 is 6.10 Å². The van der Waals surface area contributed by atoms with Crippen molar-refractivity contribution in [2.75, 3.05) is 0 Å². The van der Waals surface area contributed by atoms with E-state index in [-0.39, 0.29) is 11.2 Å². The predicted molar refractivity (Wildman–Crippen MR) is 70.7 cm³/mol. The smallest absolute Gasteiger partial charge is 0.188 e. The summed E-state index contributed by atoms with van der Waals surface area (Å²) < 4.78 is 0. The minimum atomic E-state index is -0.916. The number of carbonyl (C=O) groups is 1. The van der Waals surface area contributed by atoms with Crippen molar-refractivity contribution in [2.24, 2.45) is 11.3 Å². The highest BCUT2D eigenvalue weighted by Crippen LogP contribution is 2.30. The Morgan fingerprint density at radius 3 is 2.47 bits per heavy atom. The van der Waals surface area contributed by atoms with Gasteiger partial charge in [-0.05, 0) is 48.3 Å². The molecule has 1 aliphatic rings. The molecular weight excluding hydrogens is 212 g/mol. The second-order valence-corrected chi connectivity index (χ2v) is 6.49. The van der Waals surface area contributed by atoms with E-state index >= 15 is 0 Å². The van der Waals surface area contributed by atoms with Crippen LogP contribution in [0, 0.1) is 11.3 Å². The van der Waals surface area contributed by atoms with Crippen LogP contribution in [-0.2, 0) is 4.79 Å². The van der Waals surface area contributed by atoms with Gasteiger partial charge in [0.25, 0.3) is 0 Å². The van der Waals surface area contributed by atoms with Gasteiger partial charge in [-0.25, -0.2) is 0 Å². The normalized spacial score (nSPS) is 23.2. The van der Waals surface area contributed by atoms with Gasteiger partial charge in [0.15, 0.2) is 5.78 Å². The van der Waals surface area contributed by atoms with Gasteiger partial charge in [0, 0.05) is 0 Å². The largest absolute Gasteiger partial charge is 0.381 e. The number of carbonyl (C=O) groups excluding carboxylic acids is 1. The van der Waals surface area contributed by atoms with Crippen molar-refractivity contribution in [2.45, 2.75) is 53.6 Å². The zero-order chi connectivity index (χ0) is 13.2. The number of aliphatic hydroxyl groups is 1. The second-order valence-electron chi connectivity index (χ2n) is 6.49. The van der Waals surface area contributed by atoms with Crippen molar-refractivity contribution in [1.29, 1.82) is 0 Å². The molecule has 0 aromatic carbocycles. The first-order valence-corrected chi connectivity index (χ1v) is 6.30. The van der Waals surface area contributed by atoms with E-state index in [1.54, 1.807) is 0 Å². The Morgan fingerprint density at radius 1 is 1.35 bits per heavy atom. The van der Waals surface area contributed by atoms with E-state index in [9.17, 15) is 9.90 Å². The fraction of sp³-hybridized carbons (Fsp3) is 0.667. The summed E-state index contributed by atoms with van der Waals surface area (Å²) in [6, 6.07) is 0. The Morgan fingerprint density at radius 2 is 1.94 bits per heavy atom. The summed E-state index contributed by atoms with van der Waals surface area (Å²) in [5.74, 6) is 0.303. The van der Waals surface area contributed by atoms with Crippen LogP contribution in [0.3, 0.4) is 0 Å². The van der Waals surface area contributed by atoms with Gasteiger partial charge in [-0.15, -0.1) is 0 Å². The third kappa shape index (κ3) is 4.47. The second kappa shape index (κ2) is 5.18. The average molecular weight is 236 g/mol. The summed E-state index contributed by atoms with van der Waals surface area (Å²) >= 11 is 0. The van der Waals surface area contributed by atoms with Crippen LogP contribution in [0.1, 0.15) is 47.5 Å². The van der Waals surface area contributed by atoms with E-state index in [1.807, 2.05) is 13.0 Å². The topological polar surface area (TPSA) is 37.3 Å². The molecule has 0 saturated carbocycles. The van der Waals surface area contributed by atoms with Crippen molar-refractivity contribution in [3.8, 4) is 0 Å². The van der Waals surface area contributed by atoms with Gasteiger partial charge in [-0.1, -0.05) is 33.8 Å². The Hall–Kier alpha value is -0.890. The maximum atomic E-state index is 11.5. The standard InChI is InChI=1S/C15H24O2/c1-10-6-12(14(17)13(16)8-10)7-11(2)9-15(3,4)5/h6,8,11,14,17H,7,9H2,1-5H3. The number of hydrogen-bond acceptors (Lipinski definition) is 2. The van der Waals surface area contributed by atoms with Gasteiger partial charge < -0.3 is 5.11 Å². The molecule has 1 rings (SSSR count). The monoisotopic (exact) mass is 236 g/mol. The van der Waals surface area contributed by atoms with Crippen LogP contribution in [0.25, 0.3) is 0 Å². The molecule has 0 radical (unpaired) electrons. The van der Waals surface area contributed by atoms with E-state index in [1.165, 1.54) is 6.08 Å². The van der Waals surface area contributed by atoms with Gasteiger partial charge in [-0.3, -0.25) is 4.79 Å². The van der Waals surface area contributed by atoms with Crippen molar-refractivity contribution in [3.05, 3.63) is 23.3 Å². The zero-order valence-corrected chi connectivity index (χ0v) is 11.6. The molecule has 0 aromatic heterocycles. The molecular formula is C15H24O2. The summed E-state index contributed by atoms with van der Waals surface area (Å²) in [4.78, 5) is 11.5. The van der Waals surface area contributed by atoms with Gasteiger partial charge in [0.2, 0.25) is 0 Å². The molecule has 2 atom stereocenters. The van der Waals surface area contributed by atoms with Crippen LogP contribution in [0.2, 0.25) is 0 Å². The SMILES string of the molecule is CC1=CC(=O)C(O)C(CC(C)CC(C)(C)C)=C1. The van der Waals surface area contributed by atoms with Crippen LogP contribution < -0.4 is 0 Å². The minimum absolute atomic E-state index is 0.178. The van der Waals surface area contributed by atoms with Crippen LogP contribution in [0.5, 0.6) is 0 Å².